The first-order valence-electron chi connectivity index (χ1n) is 43.1. The molecule has 0 radical (unpaired) electrons. The number of esters is 3. The van der Waals surface area contributed by atoms with Crippen LogP contribution in [0.4, 0.5) is 0 Å². The number of ether oxygens (including phenoxy) is 3. The molecule has 8 aliphatic rings. The molecule has 4 saturated carbocycles. The molecule has 0 bridgehead atoms. The number of carboxylic acids is 6. The number of fused-ring (bicyclic) bond motifs is 4. The van der Waals surface area contributed by atoms with Gasteiger partial charge in [-0.05, 0) is 212 Å². The normalized spacial score (nSPS) is 25.9. The average molecular weight is 1670 g/mol. The number of amides is 4. The van der Waals surface area contributed by atoms with Gasteiger partial charge in [0, 0.05) is 29.9 Å². The molecule has 4 amide bonds. The van der Waals surface area contributed by atoms with Crippen LogP contribution in [0.15, 0.2) is 60.7 Å². The number of hydrogen-bond acceptors (Lipinski definition) is 21. The van der Waals surface area contributed by atoms with Gasteiger partial charge in [0.15, 0.2) is 0 Å². The number of aryl methyl sites for hydroxylation is 2. The zero-order chi connectivity index (χ0) is 86.6. The van der Waals surface area contributed by atoms with Crippen molar-refractivity contribution in [1.82, 2.24) is 40.9 Å². The van der Waals surface area contributed by atoms with Crippen LogP contribution in [0.5, 0.6) is 0 Å². The predicted octanol–water partition coefficient (Wildman–Crippen LogP) is 8.99. The summed E-state index contributed by atoms with van der Waals surface area (Å²) in [5, 5.41) is 69.3. The van der Waals surface area contributed by atoms with Crippen molar-refractivity contribution in [2.75, 3.05) is 25.6 Å². The fourth-order valence-corrected chi connectivity index (χ4v) is 19.8. The van der Waals surface area contributed by atoms with E-state index in [-0.39, 0.29) is 109 Å². The first-order valence-corrected chi connectivity index (χ1v) is 44.2. The van der Waals surface area contributed by atoms with Gasteiger partial charge in [-0.2, -0.15) is 0 Å². The molecule has 31 heteroatoms. The van der Waals surface area contributed by atoms with Crippen molar-refractivity contribution >= 4 is 89.1 Å². The topological polar surface area (TPSA) is 432 Å². The Morgan fingerprint density at radius 3 is 0.924 bits per heavy atom. The minimum Gasteiger partial charge on any atom is -0.480 e. The third-order valence-electron chi connectivity index (χ3n) is 24.8. The Hall–Kier alpha value is -8.26. The average Bonchev–Trinajstić information content (AvgIpc) is 1.65. The minimum atomic E-state index is -1.13. The number of carbonyl (C=O) groups excluding carboxylic acids is 7. The molecule has 30 nitrogen and oxygen atoms in total. The van der Waals surface area contributed by atoms with E-state index < -0.39 is 120 Å². The lowest BCUT2D eigenvalue weighted by Gasteiger charge is -2.35. The van der Waals surface area contributed by atoms with Gasteiger partial charge in [-0.1, -0.05) is 126 Å². The second kappa shape index (κ2) is 47.7. The molecule has 1 unspecified atom stereocenters. The molecule has 4 aliphatic carbocycles. The Kier molecular flexibility index (Phi) is 39.1. The largest absolute Gasteiger partial charge is 0.480 e. The van der Waals surface area contributed by atoms with E-state index in [1.54, 1.807) is 65.2 Å². The summed E-state index contributed by atoms with van der Waals surface area (Å²) in [7, 11) is 0. The van der Waals surface area contributed by atoms with E-state index in [9.17, 15) is 93.0 Å². The lowest BCUT2D eigenvalue weighted by molar-refractivity contribution is -0.152. The third kappa shape index (κ3) is 27.1. The standard InChI is InChI=1S/C24H34N2O5.C22H30N2O5.C21H36N2O5.C20H32N2O7S/c1-3-31-24(30)19(14-13-17-9-5-4-6-10-17)25-16(2)22(27)26-20-12-8-7-11-18(20)15-21(26)23(28)29;1-14(23-17(21(26)27)12-11-15-7-3-2-4-8-15)20(25)24-18-10-6-5-9-16(18)13-19(24)22(28)29;1-5-28-21(27)16(11-10-13(2)3)22-14(4)19(24)23-17-9-7-6-8-15(17)12-18(23)20(25)26;1-4-29-20(28)12(3)30-10-14(18(24)25)21-11(2)17(23)22-15-8-6-5-7-13(15)9-16(22)19(26)27/h4-6,9-10,16,18-21,25H,3,7-8,11-15H2,1-2H3,(H,28,29);2-4,7-8,14,16-19,23H,5-6,9-13H2,1H3,(H,26,27)(H,28,29);13-18,22H,5-12H2,1-4H3,(H,25,26);11-16,21H,4-10H2,1-3H3,(H,24,25)(H,26,27)/t16-,18+,19-,20-,21-;14-,16+,17-,18-,19-;14-,15+,16-,17-,18-;11-,12?,13+,14-,15-,16-/m0000/s1. The second-order valence-corrected chi connectivity index (χ2v) is 34.9. The summed E-state index contributed by atoms with van der Waals surface area (Å²) in [6.07, 6.45) is 21.0. The van der Waals surface area contributed by atoms with E-state index in [0.29, 0.717) is 63.7 Å². The molecule has 0 aromatic heterocycles. The zero-order valence-corrected chi connectivity index (χ0v) is 71.4. The SMILES string of the molecule is CCOC(=O)C(C)SC[C@H](N[C@@H](C)C(=O)N1[C@H](C(=O)O)C[C@H]2CCCC[C@@H]21)C(=O)O.CCOC(=O)[C@H](CCC(C)C)N[C@@H](C)C(=O)N1[C@H](C(=O)O)C[C@H]2CCCC[C@@H]21.CCOC(=O)[C@H](CCc1ccccc1)N[C@@H](C)C(=O)N1[C@H](C(=O)O)C[C@H]2CCCC[C@@H]21.C[C@H](N[C@@H](CCc1ccccc1)C(=O)O)C(=O)N1[C@H](C(=O)O)C[C@H]2CCCC[C@@H]21. The Morgan fingerprint density at radius 1 is 0.364 bits per heavy atom. The summed E-state index contributed by atoms with van der Waals surface area (Å²) < 4.78 is 15.3. The molecule has 2 aromatic rings. The highest BCUT2D eigenvalue weighted by Crippen LogP contribution is 2.44. The van der Waals surface area contributed by atoms with Crippen LogP contribution < -0.4 is 21.3 Å². The van der Waals surface area contributed by atoms with Gasteiger partial charge in [0.1, 0.15) is 48.3 Å². The minimum absolute atomic E-state index is 0.00306. The number of nitrogens with one attached hydrogen (secondary N) is 4. The van der Waals surface area contributed by atoms with Crippen LogP contribution in [0.1, 0.15) is 234 Å². The molecule has 658 valence electrons. The van der Waals surface area contributed by atoms with Gasteiger partial charge in [-0.3, -0.25) is 64.4 Å². The van der Waals surface area contributed by atoms with E-state index in [2.05, 4.69) is 35.1 Å². The highest BCUT2D eigenvalue weighted by molar-refractivity contribution is 8.00. The van der Waals surface area contributed by atoms with E-state index in [4.69, 9.17) is 14.2 Å². The molecule has 21 atom stereocenters. The van der Waals surface area contributed by atoms with Crippen LogP contribution in [-0.2, 0) is 89.4 Å². The molecule has 4 heterocycles. The molecular formula is C87H132N8O22S. The molecule has 8 fully saturated rings. The Bertz CT molecular complexity index is 3660. The van der Waals surface area contributed by atoms with Crippen molar-refractivity contribution in [2.45, 2.75) is 338 Å². The number of nitrogens with zero attached hydrogens (tertiary/aromatic N) is 4. The third-order valence-corrected chi connectivity index (χ3v) is 26.0. The monoisotopic (exact) mass is 1670 g/mol. The van der Waals surface area contributed by atoms with E-state index in [1.165, 1.54) is 9.80 Å². The smallest absolute Gasteiger partial charge is 0.326 e. The maximum Gasteiger partial charge on any atom is 0.326 e. The molecule has 4 saturated heterocycles. The molecule has 4 aliphatic heterocycles. The predicted molar refractivity (Wildman–Crippen MR) is 441 cm³/mol. The number of benzene rings is 2. The van der Waals surface area contributed by atoms with E-state index >= 15 is 0 Å². The van der Waals surface area contributed by atoms with Gasteiger partial charge >= 0.3 is 53.7 Å². The van der Waals surface area contributed by atoms with Gasteiger partial charge in [0.05, 0.1) is 49.2 Å². The highest BCUT2D eigenvalue weighted by Gasteiger charge is 2.53. The fraction of sp³-hybridized carbons (Fsp3) is 0.713. The van der Waals surface area contributed by atoms with Crippen LogP contribution in [0.3, 0.4) is 0 Å². The number of thioether (sulfide) groups is 1. The maximum atomic E-state index is 13.4. The summed E-state index contributed by atoms with van der Waals surface area (Å²) in [5.74, 6) is -6.86. The number of rotatable bonds is 36. The molecule has 2 aromatic carbocycles. The Morgan fingerprint density at radius 2 is 0.636 bits per heavy atom. The molecule has 118 heavy (non-hydrogen) atoms. The van der Waals surface area contributed by atoms with E-state index in [0.717, 1.165) is 132 Å². The first kappa shape index (κ1) is 96.9. The van der Waals surface area contributed by atoms with Crippen molar-refractivity contribution in [2.24, 2.45) is 29.6 Å². The van der Waals surface area contributed by atoms with Gasteiger partial charge in [0.25, 0.3) is 0 Å². The molecule has 10 rings (SSSR count). The van der Waals surface area contributed by atoms with Crippen molar-refractivity contribution in [1.29, 1.82) is 0 Å². The van der Waals surface area contributed by atoms with E-state index in [1.807, 2.05) is 60.7 Å². The molecule has 0 spiro atoms. The van der Waals surface area contributed by atoms with Crippen molar-refractivity contribution in [3.63, 3.8) is 0 Å². The van der Waals surface area contributed by atoms with Crippen LogP contribution in [0.25, 0.3) is 0 Å². The summed E-state index contributed by atoms with van der Waals surface area (Å²) in [6, 6.07) is 10.0. The lowest BCUT2D eigenvalue weighted by atomic mass is 9.84. The molecular weight excluding hydrogens is 1540 g/mol. The number of carboxylic acid groups (broad SMARTS) is 6. The van der Waals surface area contributed by atoms with Crippen LogP contribution in [-0.4, -0.2) is 255 Å². The molecule has 10 N–H and O–H groups in total. The first-order chi connectivity index (χ1) is 56.2. The summed E-state index contributed by atoms with van der Waals surface area (Å²) >= 11 is 1.13. The van der Waals surface area contributed by atoms with Gasteiger partial charge in [-0.15, -0.1) is 11.8 Å². The highest BCUT2D eigenvalue weighted by atomic mass is 32.2. The second-order valence-electron chi connectivity index (χ2n) is 33.5. The van der Waals surface area contributed by atoms with Crippen LogP contribution in [0.2, 0.25) is 0 Å². The van der Waals surface area contributed by atoms with Crippen molar-refractivity contribution in [3.05, 3.63) is 71.8 Å². The quantitative estimate of drug-likeness (QED) is 0.0224. The van der Waals surface area contributed by atoms with Crippen LogP contribution in [0, 0.1) is 29.6 Å². The van der Waals surface area contributed by atoms with Crippen molar-refractivity contribution in [3.8, 4) is 0 Å². The summed E-state index contributed by atoms with van der Waals surface area (Å²) in [6.45, 7) is 18.5. The zero-order valence-electron chi connectivity index (χ0n) is 70.6. The van der Waals surface area contributed by atoms with Gasteiger partial charge < -0.3 is 64.4 Å². The van der Waals surface area contributed by atoms with Crippen molar-refractivity contribution < 1.29 is 107 Å². The number of likely N-dealkylation sites (tertiary alicyclic amines) is 4. The lowest BCUT2D eigenvalue weighted by Crippen LogP contribution is -2.56. The summed E-state index contributed by atoms with van der Waals surface area (Å²) in [4.78, 5) is 166. The number of carbonyl (C=O) groups is 13. The Labute approximate surface area is 698 Å². The van der Waals surface area contributed by atoms with Gasteiger partial charge in [0.2, 0.25) is 23.6 Å². The number of hydrogen-bond donors (Lipinski definition) is 10. The number of aliphatic carboxylic acids is 6. The van der Waals surface area contributed by atoms with Gasteiger partial charge in [-0.25, -0.2) is 19.2 Å². The Balaban J connectivity index is 0.000000217. The summed E-state index contributed by atoms with van der Waals surface area (Å²) in [5.41, 5.74) is 2.14. The maximum absolute atomic E-state index is 13.4. The van der Waals surface area contributed by atoms with Crippen LogP contribution >= 0.6 is 11.8 Å². The fourth-order valence-electron chi connectivity index (χ4n) is 18.8.